The van der Waals surface area contributed by atoms with E-state index in [0.29, 0.717) is 5.56 Å². The third-order valence-corrected chi connectivity index (χ3v) is 1.80. The Hall–Kier alpha value is -0.860. The van der Waals surface area contributed by atoms with Crippen molar-refractivity contribution >= 4 is 0 Å². The zero-order valence-electron chi connectivity index (χ0n) is 6.70. The van der Waals surface area contributed by atoms with Crippen LogP contribution in [-0.2, 0) is 0 Å². The highest BCUT2D eigenvalue weighted by Gasteiger charge is 2.07. The van der Waals surface area contributed by atoms with Crippen LogP contribution in [0.25, 0.3) is 0 Å². The summed E-state index contributed by atoms with van der Waals surface area (Å²) in [5.74, 6) is 0. The van der Waals surface area contributed by atoms with Crippen molar-refractivity contribution in [1.82, 2.24) is 0 Å². The van der Waals surface area contributed by atoms with Crippen LogP contribution in [0.5, 0.6) is 0 Å². The van der Waals surface area contributed by atoms with E-state index in [1.54, 1.807) is 0 Å². The van der Waals surface area contributed by atoms with Crippen molar-refractivity contribution in [3.63, 3.8) is 0 Å². The summed E-state index contributed by atoms with van der Waals surface area (Å²) in [6.45, 7) is 3.73. The van der Waals surface area contributed by atoms with Crippen LogP contribution in [0.1, 0.15) is 23.0 Å². The van der Waals surface area contributed by atoms with Gasteiger partial charge in [0, 0.05) is 5.56 Å². The third kappa shape index (κ3) is 1.59. The molecule has 2 N–H and O–H groups in total. The molecular formula is C9H12O2. The topological polar surface area (TPSA) is 40.5 Å². The molecule has 0 aliphatic heterocycles. The average molecular weight is 152 g/mol. The molecule has 0 heterocycles. The molecule has 0 radical (unpaired) electrons. The molecule has 2 nitrogen and oxygen atoms in total. The highest BCUT2D eigenvalue weighted by Crippen LogP contribution is 2.18. The Morgan fingerprint density at radius 2 is 1.55 bits per heavy atom. The molecule has 0 unspecified atom stereocenters. The van der Waals surface area contributed by atoms with Gasteiger partial charge in [-0.05, 0) is 25.0 Å². The number of hydrogen-bond acceptors (Lipinski definition) is 2. The summed E-state index contributed by atoms with van der Waals surface area (Å²) in [6.07, 6.45) is -1.35. The van der Waals surface area contributed by atoms with Crippen LogP contribution in [0.3, 0.4) is 0 Å². The molecule has 1 aromatic rings. The normalized spacial score (nSPS) is 10.6. The van der Waals surface area contributed by atoms with Gasteiger partial charge < -0.3 is 10.2 Å². The zero-order valence-corrected chi connectivity index (χ0v) is 6.70. The number of aliphatic hydroxyl groups is 2. The molecule has 0 saturated carbocycles. The highest BCUT2D eigenvalue weighted by molar-refractivity contribution is 5.33. The van der Waals surface area contributed by atoms with Gasteiger partial charge in [0.05, 0.1) is 0 Å². The summed E-state index contributed by atoms with van der Waals surface area (Å²) in [5, 5.41) is 17.9. The van der Waals surface area contributed by atoms with Crippen molar-refractivity contribution < 1.29 is 10.2 Å². The van der Waals surface area contributed by atoms with Gasteiger partial charge in [0.1, 0.15) is 0 Å². The molecule has 1 aromatic carbocycles. The standard InChI is InChI=1S/C9H12O2/c1-6-4-3-5-7(2)8(6)9(10)11/h3-5,9-11H,1-2H3. The lowest BCUT2D eigenvalue weighted by molar-refractivity contribution is -0.0433. The van der Waals surface area contributed by atoms with Gasteiger partial charge in [0.2, 0.25) is 0 Å². The first-order valence-corrected chi connectivity index (χ1v) is 3.55. The Kier molecular flexibility index (Phi) is 2.27. The van der Waals surface area contributed by atoms with E-state index in [1.165, 1.54) is 0 Å². The smallest absolute Gasteiger partial charge is 0.178 e. The van der Waals surface area contributed by atoms with Gasteiger partial charge in [0.15, 0.2) is 6.29 Å². The second-order valence-electron chi connectivity index (χ2n) is 2.68. The van der Waals surface area contributed by atoms with Crippen molar-refractivity contribution in [3.8, 4) is 0 Å². The predicted molar refractivity (Wildman–Crippen MR) is 43.1 cm³/mol. The fourth-order valence-electron chi connectivity index (χ4n) is 1.23. The quantitative estimate of drug-likeness (QED) is 0.595. The van der Waals surface area contributed by atoms with Crippen LogP contribution >= 0.6 is 0 Å². The Balaban J connectivity index is 3.21. The maximum absolute atomic E-state index is 8.94. The van der Waals surface area contributed by atoms with Crippen LogP contribution < -0.4 is 0 Å². The lowest BCUT2D eigenvalue weighted by atomic mass is 10.0. The zero-order chi connectivity index (χ0) is 8.43. The lowest BCUT2D eigenvalue weighted by Gasteiger charge is -2.10. The number of hydrogen-bond donors (Lipinski definition) is 2. The van der Waals surface area contributed by atoms with Crippen molar-refractivity contribution in [2.75, 3.05) is 0 Å². The van der Waals surface area contributed by atoms with Crippen LogP contribution in [0.15, 0.2) is 18.2 Å². The summed E-state index contributed by atoms with van der Waals surface area (Å²) in [5.41, 5.74) is 2.45. The van der Waals surface area contributed by atoms with Gasteiger partial charge in [-0.25, -0.2) is 0 Å². The number of aryl methyl sites for hydroxylation is 2. The summed E-state index contributed by atoms with van der Waals surface area (Å²) in [7, 11) is 0. The summed E-state index contributed by atoms with van der Waals surface area (Å²) in [6, 6.07) is 5.63. The molecule has 0 bridgehead atoms. The number of benzene rings is 1. The Morgan fingerprint density at radius 1 is 1.09 bits per heavy atom. The van der Waals surface area contributed by atoms with Crippen molar-refractivity contribution in [2.24, 2.45) is 0 Å². The van der Waals surface area contributed by atoms with Gasteiger partial charge >= 0.3 is 0 Å². The molecule has 0 aliphatic carbocycles. The lowest BCUT2D eigenvalue weighted by Crippen LogP contribution is -2.00. The maximum atomic E-state index is 8.94. The minimum Gasteiger partial charge on any atom is -0.364 e. The van der Waals surface area contributed by atoms with Gasteiger partial charge in [-0.1, -0.05) is 18.2 Å². The Labute approximate surface area is 66.1 Å². The fraction of sp³-hybridized carbons (Fsp3) is 0.333. The van der Waals surface area contributed by atoms with E-state index >= 15 is 0 Å². The van der Waals surface area contributed by atoms with Gasteiger partial charge in [-0.15, -0.1) is 0 Å². The van der Waals surface area contributed by atoms with E-state index in [4.69, 9.17) is 10.2 Å². The van der Waals surface area contributed by atoms with Crippen LogP contribution in [0.2, 0.25) is 0 Å². The summed E-state index contributed by atoms with van der Waals surface area (Å²) >= 11 is 0. The fourth-order valence-corrected chi connectivity index (χ4v) is 1.23. The molecule has 0 spiro atoms. The summed E-state index contributed by atoms with van der Waals surface area (Å²) < 4.78 is 0. The van der Waals surface area contributed by atoms with Crippen molar-refractivity contribution in [1.29, 1.82) is 0 Å². The van der Waals surface area contributed by atoms with E-state index in [9.17, 15) is 0 Å². The van der Waals surface area contributed by atoms with Crippen LogP contribution in [0, 0.1) is 13.8 Å². The molecular weight excluding hydrogens is 140 g/mol. The highest BCUT2D eigenvalue weighted by atomic mass is 16.5. The Bertz CT molecular complexity index is 233. The Morgan fingerprint density at radius 3 is 1.82 bits per heavy atom. The second-order valence-corrected chi connectivity index (χ2v) is 2.68. The molecule has 0 aromatic heterocycles. The van der Waals surface area contributed by atoms with E-state index in [0.717, 1.165) is 11.1 Å². The largest absolute Gasteiger partial charge is 0.364 e. The third-order valence-electron chi connectivity index (χ3n) is 1.80. The van der Waals surface area contributed by atoms with Crippen molar-refractivity contribution in [2.45, 2.75) is 20.1 Å². The molecule has 11 heavy (non-hydrogen) atoms. The van der Waals surface area contributed by atoms with Gasteiger partial charge in [-0.3, -0.25) is 0 Å². The molecule has 0 saturated heterocycles. The second kappa shape index (κ2) is 3.03. The molecule has 0 aliphatic rings. The first-order valence-electron chi connectivity index (χ1n) is 3.55. The molecule has 0 amide bonds. The summed E-state index contributed by atoms with van der Waals surface area (Å²) in [4.78, 5) is 0. The number of aliphatic hydroxyl groups excluding tert-OH is 1. The van der Waals surface area contributed by atoms with Crippen LogP contribution in [-0.4, -0.2) is 10.2 Å². The molecule has 2 heteroatoms. The minimum absolute atomic E-state index is 0.618. The van der Waals surface area contributed by atoms with E-state index < -0.39 is 6.29 Å². The van der Waals surface area contributed by atoms with E-state index in [2.05, 4.69) is 0 Å². The van der Waals surface area contributed by atoms with Gasteiger partial charge in [0.25, 0.3) is 0 Å². The molecule has 60 valence electrons. The van der Waals surface area contributed by atoms with E-state index in [1.807, 2.05) is 32.0 Å². The monoisotopic (exact) mass is 152 g/mol. The molecule has 1 rings (SSSR count). The molecule has 0 fully saturated rings. The van der Waals surface area contributed by atoms with Gasteiger partial charge in [-0.2, -0.15) is 0 Å². The van der Waals surface area contributed by atoms with E-state index in [-0.39, 0.29) is 0 Å². The first-order chi connectivity index (χ1) is 5.13. The minimum atomic E-state index is -1.35. The molecule has 0 atom stereocenters. The average Bonchev–Trinajstić information content (AvgIpc) is 1.85. The van der Waals surface area contributed by atoms with Crippen molar-refractivity contribution in [3.05, 3.63) is 34.9 Å². The van der Waals surface area contributed by atoms with Crippen LogP contribution in [0.4, 0.5) is 0 Å². The predicted octanol–water partition coefficient (Wildman–Crippen LogP) is 1.29. The number of rotatable bonds is 1. The first kappa shape index (κ1) is 8.24. The SMILES string of the molecule is Cc1cccc(C)c1C(O)O. The maximum Gasteiger partial charge on any atom is 0.178 e.